The highest BCUT2D eigenvalue weighted by atomic mass is 16.5. The molecule has 1 fully saturated rings. The summed E-state index contributed by atoms with van der Waals surface area (Å²) in [6.07, 6.45) is 3.28. The van der Waals surface area contributed by atoms with Gasteiger partial charge in [-0.25, -0.2) is 0 Å². The maximum atomic E-state index is 5.72. The van der Waals surface area contributed by atoms with Crippen molar-refractivity contribution in [2.75, 3.05) is 13.7 Å². The fourth-order valence-corrected chi connectivity index (χ4v) is 3.16. The minimum absolute atomic E-state index is 0.302. The molecule has 0 spiro atoms. The average molecular weight is 256 g/mol. The van der Waals surface area contributed by atoms with Crippen LogP contribution in [0.4, 0.5) is 0 Å². The lowest BCUT2D eigenvalue weighted by Gasteiger charge is -2.26. The third kappa shape index (κ3) is 2.24. The first-order valence-electron chi connectivity index (χ1n) is 6.94. The number of hydrogen-bond donors (Lipinski definition) is 1. The highest BCUT2D eigenvalue weighted by molar-refractivity contribution is 5.82. The molecule has 2 heterocycles. The van der Waals surface area contributed by atoms with E-state index in [1.165, 1.54) is 10.9 Å². The topological polar surface area (TPSA) is 34.2 Å². The molecule has 100 valence electrons. The van der Waals surface area contributed by atoms with Crippen LogP contribution in [0.5, 0.6) is 0 Å². The van der Waals surface area contributed by atoms with Crippen molar-refractivity contribution < 1.29 is 4.74 Å². The van der Waals surface area contributed by atoms with Crippen LogP contribution in [-0.2, 0) is 4.74 Å². The Morgan fingerprint density at radius 1 is 1.32 bits per heavy atom. The van der Waals surface area contributed by atoms with E-state index in [0.717, 1.165) is 18.5 Å². The number of aromatic nitrogens is 1. The van der Waals surface area contributed by atoms with E-state index in [-0.39, 0.29) is 0 Å². The van der Waals surface area contributed by atoms with Gasteiger partial charge in [-0.1, -0.05) is 24.3 Å². The molecule has 19 heavy (non-hydrogen) atoms. The molecule has 0 saturated carbocycles. The molecule has 2 aromatic rings. The monoisotopic (exact) mass is 256 g/mol. The number of para-hydroxylation sites is 1. The van der Waals surface area contributed by atoms with Crippen LogP contribution in [0, 0.1) is 5.92 Å². The van der Waals surface area contributed by atoms with Gasteiger partial charge in [0.25, 0.3) is 0 Å². The number of nitrogens with zero attached hydrogens (tertiary/aromatic N) is 1. The molecule has 0 amide bonds. The van der Waals surface area contributed by atoms with Gasteiger partial charge >= 0.3 is 0 Å². The fraction of sp³-hybridized carbons (Fsp3) is 0.438. The van der Waals surface area contributed by atoms with E-state index in [2.05, 4.69) is 41.5 Å². The zero-order valence-corrected chi connectivity index (χ0v) is 11.5. The van der Waals surface area contributed by atoms with Gasteiger partial charge in [0.1, 0.15) is 0 Å². The van der Waals surface area contributed by atoms with Crippen LogP contribution < -0.4 is 5.32 Å². The standard InChI is InChI=1S/C16H20N2O/c1-11-13(8-10-19-11)16(17-2)14-7-3-5-12-6-4-9-18-15(12)14/h3-7,9,11,13,16-17H,8,10H2,1-2H3. The van der Waals surface area contributed by atoms with Crippen molar-refractivity contribution in [2.45, 2.75) is 25.5 Å². The number of benzene rings is 1. The summed E-state index contributed by atoms with van der Waals surface area (Å²) < 4.78 is 5.72. The Morgan fingerprint density at radius 3 is 2.89 bits per heavy atom. The number of nitrogens with one attached hydrogen (secondary N) is 1. The third-order valence-electron chi connectivity index (χ3n) is 4.17. The molecule has 0 aliphatic carbocycles. The molecule has 1 saturated heterocycles. The van der Waals surface area contributed by atoms with E-state index in [4.69, 9.17) is 4.74 Å². The predicted octanol–water partition coefficient (Wildman–Crippen LogP) is 2.92. The number of hydrogen-bond acceptors (Lipinski definition) is 3. The summed E-state index contributed by atoms with van der Waals surface area (Å²) in [6, 6.07) is 10.8. The van der Waals surface area contributed by atoms with Gasteiger partial charge in [-0.3, -0.25) is 4.98 Å². The maximum Gasteiger partial charge on any atom is 0.0749 e. The molecule has 1 aromatic carbocycles. The van der Waals surface area contributed by atoms with E-state index in [9.17, 15) is 0 Å². The number of rotatable bonds is 3. The zero-order chi connectivity index (χ0) is 13.2. The summed E-state index contributed by atoms with van der Waals surface area (Å²) in [4.78, 5) is 4.57. The first-order chi connectivity index (χ1) is 9.31. The van der Waals surface area contributed by atoms with E-state index in [1.54, 1.807) is 0 Å². The Balaban J connectivity index is 2.06. The molecular formula is C16H20N2O. The molecule has 1 aliphatic heterocycles. The van der Waals surface area contributed by atoms with Crippen LogP contribution >= 0.6 is 0 Å². The van der Waals surface area contributed by atoms with Gasteiger partial charge in [0.2, 0.25) is 0 Å². The number of fused-ring (bicyclic) bond motifs is 1. The van der Waals surface area contributed by atoms with Gasteiger partial charge in [-0.05, 0) is 32.0 Å². The van der Waals surface area contributed by atoms with Gasteiger partial charge in [-0.2, -0.15) is 0 Å². The van der Waals surface area contributed by atoms with Crippen molar-refractivity contribution in [1.82, 2.24) is 10.3 Å². The third-order valence-corrected chi connectivity index (χ3v) is 4.17. The van der Waals surface area contributed by atoms with Gasteiger partial charge in [0, 0.05) is 30.1 Å². The smallest absolute Gasteiger partial charge is 0.0749 e. The van der Waals surface area contributed by atoms with E-state index >= 15 is 0 Å². The summed E-state index contributed by atoms with van der Waals surface area (Å²) in [5.41, 5.74) is 2.38. The van der Waals surface area contributed by atoms with Crippen molar-refractivity contribution >= 4 is 10.9 Å². The van der Waals surface area contributed by atoms with Crippen molar-refractivity contribution in [1.29, 1.82) is 0 Å². The first kappa shape index (κ1) is 12.6. The average Bonchev–Trinajstić information content (AvgIpc) is 2.86. The molecule has 3 heteroatoms. The van der Waals surface area contributed by atoms with Crippen LogP contribution in [0.2, 0.25) is 0 Å². The fourth-order valence-electron chi connectivity index (χ4n) is 3.16. The van der Waals surface area contributed by atoms with Crippen LogP contribution in [-0.4, -0.2) is 24.7 Å². The van der Waals surface area contributed by atoms with Gasteiger partial charge in [0.05, 0.1) is 11.6 Å². The Labute approximate surface area is 114 Å². The summed E-state index contributed by atoms with van der Waals surface area (Å²) >= 11 is 0. The van der Waals surface area contributed by atoms with Crippen molar-refractivity contribution in [3.05, 3.63) is 42.1 Å². The van der Waals surface area contributed by atoms with Crippen LogP contribution in [0.25, 0.3) is 10.9 Å². The summed E-state index contributed by atoms with van der Waals surface area (Å²) in [5.74, 6) is 0.512. The molecule has 0 radical (unpaired) electrons. The van der Waals surface area contributed by atoms with Crippen LogP contribution in [0.15, 0.2) is 36.5 Å². The molecule has 0 bridgehead atoms. The second kappa shape index (κ2) is 5.27. The number of ether oxygens (including phenoxy) is 1. The minimum atomic E-state index is 0.302. The second-order valence-electron chi connectivity index (χ2n) is 5.22. The Morgan fingerprint density at radius 2 is 2.16 bits per heavy atom. The largest absolute Gasteiger partial charge is 0.378 e. The lowest BCUT2D eigenvalue weighted by Crippen LogP contribution is -2.29. The molecule has 3 rings (SSSR count). The van der Waals surface area contributed by atoms with Gasteiger partial charge < -0.3 is 10.1 Å². The van der Waals surface area contributed by atoms with Crippen molar-refractivity contribution in [2.24, 2.45) is 5.92 Å². The highest BCUT2D eigenvalue weighted by Crippen LogP contribution is 2.35. The lowest BCUT2D eigenvalue weighted by atomic mass is 9.87. The molecular weight excluding hydrogens is 236 g/mol. The molecule has 3 nitrogen and oxygen atoms in total. The first-order valence-corrected chi connectivity index (χ1v) is 6.94. The quantitative estimate of drug-likeness (QED) is 0.917. The van der Waals surface area contributed by atoms with E-state index in [0.29, 0.717) is 18.1 Å². The van der Waals surface area contributed by atoms with Crippen molar-refractivity contribution in [3.8, 4) is 0 Å². The lowest BCUT2D eigenvalue weighted by molar-refractivity contribution is 0.0964. The molecule has 3 atom stereocenters. The Bertz CT molecular complexity index is 564. The van der Waals surface area contributed by atoms with Crippen LogP contribution in [0.3, 0.4) is 0 Å². The summed E-state index contributed by atoms with van der Waals surface area (Å²) in [7, 11) is 2.03. The summed E-state index contributed by atoms with van der Waals surface area (Å²) in [5, 5.41) is 4.66. The van der Waals surface area contributed by atoms with Gasteiger partial charge in [-0.15, -0.1) is 0 Å². The molecule has 1 aromatic heterocycles. The normalized spacial score (nSPS) is 24.7. The van der Waals surface area contributed by atoms with Crippen LogP contribution in [0.1, 0.15) is 24.9 Å². The summed E-state index contributed by atoms with van der Waals surface area (Å²) in [6.45, 7) is 3.03. The molecule has 1 aliphatic rings. The SMILES string of the molecule is CNC(c1cccc2cccnc12)C1CCOC1C. The predicted molar refractivity (Wildman–Crippen MR) is 77.1 cm³/mol. The highest BCUT2D eigenvalue weighted by Gasteiger charge is 2.32. The maximum absolute atomic E-state index is 5.72. The molecule has 3 unspecified atom stereocenters. The van der Waals surface area contributed by atoms with Crippen molar-refractivity contribution in [3.63, 3.8) is 0 Å². The Hall–Kier alpha value is -1.45. The van der Waals surface area contributed by atoms with Gasteiger partial charge in [0.15, 0.2) is 0 Å². The number of pyridine rings is 1. The second-order valence-corrected chi connectivity index (χ2v) is 5.22. The van der Waals surface area contributed by atoms with E-state index in [1.807, 2.05) is 19.3 Å². The zero-order valence-electron chi connectivity index (χ0n) is 11.5. The Kier molecular flexibility index (Phi) is 3.49. The minimum Gasteiger partial charge on any atom is -0.378 e. The molecule has 1 N–H and O–H groups in total. The van der Waals surface area contributed by atoms with E-state index < -0.39 is 0 Å².